The van der Waals surface area contributed by atoms with Crippen molar-refractivity contribution in [1.29, 1.82) is 0 Å². The Bertz CT molecular complexity index is 978. The summed E-state index contributed by atoms with van der Waals surface area (Å²) in [7, 11) is 0. The Morgan fingerprint density at radius 1 is 1.21 bits per heavy atom. The molecule has 1 aliphatic rings. The molecular formula is C21H21N3O4. The van der Waals surface area contributed by atoms with Crippen LogP contribution in [0, 0.1) is 0 Å². The summed E-state index contributed by atoms with van der Waals surface area (Å²) < 4.78 is 10.6. The van der Waals surface area contributed by atoms with Gasteiger partial charge in [0.15, 0.2) is 6.61 Å². The molecule has 2 aromatic carbocycles. The predicted molar refractivity (Wildman–Crippen MR) is 104 cm³/mol. The standard InChI is InChI=1S/C21H21N3O4/c25-19(22-12-16-7-4-10-27-16)13-28-21(26)15-8-9-17-18(11-15)24-20(23-17)14-5-2-1-3-6-14/h1-3,5-6,8-9,11,16H,4,7,10,12-13H2,(H,22,25)(H,23,24). The fraction of sp³-hybridized carbons (Fsp3) is 0.286. The first kappa shape index (κ1) is 18.2. The van der Waals surface area contributed by atoms with Gasteiger partial charge < -0.3 is 19.8 Å². The number of amides is 1. The van der Waals surface area contributed by atoms with Crippen LogP contribution in [0.4, 0.5) is 0 Å². The molecule has 0 radical (unpaired) electrons. The Kier molecular flexibility index (Phi) is 5.34. The molecule has 1 unspecified atom stereocenters. The second-order valence-corrected chi connectivity index (χ2v) is 6.70. The Hall–Kier alpha value is -3.19. The summed E-state index contributed by atoms with van der Waals surface area (Å²) in [6, 6.07) is 14.8. The van der Waals surface area contributed by atoms with Gasteiger partial charge in [-0.25, -0.2) is 9.78 Å². The molecule has 0 spiro atoms. The predicted octanol–water partition coefficient (Wildman–Crippen LogP) is 2.68. The van der Waals surface area contributed by atoms with Gasteiger partial charge in [-0.05, 0) is 31.0 Å². The van der Waals surface area contributed by atoms with Crippen LogP contribution in [0.15, 0.2) is 48.5 Å². The summed E-state index contributed by atoms with van der Waals surface area (Å²) in [6.07, 6.45) is 2.01. The molecule has 2 N–H and O–H groups in total. The van der Waals surface area contributed by atoms with Crippen molar-refractivity contribution in [2.75, 3.05) is 19.8 Å². The van der Waals surface area contributed by atoms with Gasteiger partial charge in [-0.2, -0.15) is 0 Å². The zero-order valence-corrected chi connectivity index (χ0v) is 15.3. The van der Waals surface area contributed by atoms with Crippen LogP contribution in [-0.4, -0.2) is 47.7 Å². The largest absolute Gasteiger partial charge is 0.452 e. The second kappa shape index (κ2) is 8.22. The number of hydrogen-bond donors (Lipinski definition) is 2. The van der Waals surface area contributed by atoms with Crippen LogP contribution in [0.25, 0.3) is 22.4 Å². The molecule has 1 amide bonds. The lowest BCUT2D eigenvalue weighted by atomic mass is 10.2. The molecule has 1 fully saturated rings. The van der Waals surface area contributed by atoms with Gasteiger partial charge in [-0.15, -0.1) is 0 Å². The summed E-state index contributed by atoms with van der Waals surface area (Å²) in [4.78, 5) is 31.9. The molecule has 28 heavy (non-hydrogen) atoms. The number of esters is 1. The molecule has 7 nitrogen and oxygen atoms in total. The Balaban J connectivity index is 1.36. The lowest BCUT2D eigenvalue weighted by molar-refractivity contribution is -0.124. The molecular weight excluding hydrogens is 358 g/mol. The van der Waals surface area contributed by atoms with Crippen molar-refractivity contribution in [3.63, 3.8) is 0 Å². The van der Waals surface area contributed by atoms with Crippen LogP contribution in [0.1, 0.15) is 23.2 Å². The Morgan fingerprint density at radius 3 is 2.86 bits per heavy atom. The summed E-state index contributed by atoms with van der Waals surface area (Å²) in [5.41, 5.74) is 2.81. The van der Waals surface area contributed by atoms with E-state index in [1.807, 2.05) is 30.3 Å². The number of nitrogens with one attached hydrogen (secondary N) is 2. The van der Waals surface area contributed by atoms with Gasteiger partial charge in [0.25, 0.3) is 5.91 Å². The highest BCUT2D eigenvalue weighted by Gasteiger charge is 2.17. The normalized spacial score (nSPS) is 16.2. The fourth-order valence-electron chi connectivity index (χ4n) is 3.17. The third kappa shape index (κ3) is 4.20. The molecule has 0 aliphatic carbocycles. The molecule has 2 heterocycles. The number of nitrogens with zero attached hydrogens (tertiary/aromatic N) is 1. The zero-order valence-electron chi connectivity index (χ0n) is 15.3. The number of fused-ring (bicyclic) bond motifs is 1. The van der Waals surface area contributed by atoms with Crippen molar-refractivity contribution in [2.24, 2.45) is 0 Å². The molecule has 1 aromatic heterocycles. The van der Waals surface area contributed by atoms with Gasteiger partial charge in [0.2, 0.25) is 0 Å². The lowest BCUT2D eigenvalue weighted by Crippen LogP contribution is -2.34. The quantitative estimate of drug-likeness (QED) is 0.643. The highest BCUT2D eigenvalue weighted by molar-refractivity contribution is 5.95. The molecule has 4 rings (SSSR count). The van der Waals surface area contributed by atoms with Gasteiger partial charge in [0.1, 0.15) is 5.82 Å². The highest BCUT2D eigenvalue weighted by atomic mass is 16.5. The number of imidazole rings is 1. The van der Waals surface area contributed by atoms with E-state index in [4.69, 9.17) is 9.47 Å². The first-order chi connectivity index (χ1) is 13.7. The van der Waals surface area contributed by atoms with E-state index in [1.165, 1.54) is 0 Å². The van der Waals surface area contributed by atoms with Gasteiger partial charge in [-0.1, -0.05) is 30.3 Å². The third-order valence-electron chi connectivity index (χ3n) is 4.65. The smallest absolute Gasteiger partial charge is 0.338 e. The van der Waals surface area contributed by atoms with Crippen LogP contribution in [0.5, 0.6) is 0 Å². The number of aromatic nitrogens is 2. The number of aromatic amines is 1. The minimum Gasteiger partial charge on any atom is -0.452 e. The minimum absolute atomic E-state index is 0.0567. The number of ether oxygens (including phenoxy) is 2. The third-order valence-corrected chi connectivity index (χ3v) is 4.65. The molecule has 3 aromatic rings. The number of carbonyl (C=O) groups is 2. The average molecular weight is 379 g/mol. The van der Waals surface area contributed by atoms with Crippen molar-refractivity contribution < 1.29 is 19.1 Å². The number of H-pyrrole nitrogens is 1. The van der Waals surface area contributed by atoms with E-state index in [0.29, 0.717) is 12.1 Å². The van der Waals surface area contributed by atoms with Crippen molar-refractivity contribution in [1.82, 2.24) is 15.3 Å². The van der Waals surface area contributed by atoms with Crippen molar-refractivity contribution in [3.05, 3.63) is 54.1 Å². The van der Waals surface area contributed by atoms with E-state index in [0.717, 1.165) is 41.9 Å². The van der Waals surface area contributed by atoms with Gasteiger partial charge in [0, 0.05) is 18.7 Å². The van der Waals surface area contributed by atoms with E-state index in [1.54, 1.807) is 18.2 Å². The first-order valence-electron chi connectivity index (χ1n) is 9.29. The van der Waals surface area contributed by atoms with Gasteiger partial charge in [0.05, 0.1) is 22.7 Å². The average Bonchev–Trinajstić information content (AvgIpc) is 3.40. The van der Waals surface area contributed by atoms with E-state index >= 15 is 0 Å². The van der Waals surface area contributed by atoms with Crippen LogP contribution >= 0.6 is 0 Å². The molecule has 7 heteroatoms. The Labute approximate surface area is 162 Å². The topological polar surface area (TPSA) is 93.3 Å². The monoisotopic (exact) mass is 379 g/mol. The Morgan fingerprint density at radius 2 is 2.07 bits per heavy atom. The molecule has 0 bridgehead atoms. The summed E-state index contributed by atoms with van der Waals surface area (Å²) >= 11 is 0. The summed E-state index contributed by atoms with van der Waals surface area (Å²) in [5.74, 6) is -0.155. The highest BCUT2D eigenvalue weighted by Crippen LogP contribution is 2.21. The maximum atomic E-state index is 12.3. The van der Waals surface area contributed by atoms with Gasteiger partial charge >= 0.3 is 5.97 Å². The zero-order chi connectivity index (χ0) is 19.3. The maximum absolute atomic E-state index is 12.3. The van der Waals surface area contributed by atoms with Crippen LogP contribution in [-0.2, 0) is 14.3 Å². The van der Waals surface area contributed by atoms with Crippen molar-refractivity contribution >= 4 is 22.9 Å². The van der Waals surface area contributed by atoms with Crippen LogP contribution in [0.2, 0.25) is 0 Å². The fourth-order valence-corrected chi connectivity index (χ4v) is 3.17. The van der Waals surface area contributed by atoms with E-state index in [-0.39, 0.29) is 18.6 Å². The second-order valence-electron chi connectivity index (χ2n) is 6.70. The van der Waals surface area contributed by atoms with Crippen LogP contribution < -0.4 is 5.32 Å². The van der Waals surface area contributed by atoms with Gasteiger partial charge in [-0.3, -0.25) is 4.79 Å². The van der Waals surface area contributed by atoms with Crippen LogP contribution in [0.3, 0.4) is 0 Å². The van der Waals surface area contributed by atoms with E-state index in [9.17, 15) is 9.59 Å². The minimum atomic E-state index is -0.551. The van der Waals surface area contributed by atoms with Crippen molar-refractivity contribution in [3.8, 4) is 11.4 Å². The number of rotatable bonds is 6. The number of hydrogen-bond acceptors (Lipinski definition) is 5. The summed E-state index contributed by atoms with van der Waals surface area (Å²) in [6.45, 7) is 0.859. The SMILES string of the molecule is O=C(COC(=O)c1ccc2nc(-c3ccccc3)[nH]c2c1)NCC1CCCO1. The molecule has 1 aliphatic heterocycles. The van der Waals surface area contributed by atoms with E-state index < -0.39 is 5.97 Å². The molecule has 1 saturated heterocycles. The molecule has 0 saturated carbocycles. The van der Waals surface area contributed by atoms with E-state index in [2.05, 4.69) is 15.3 Å². The first-order valence-corrected chi connectivity index (χ1v) is 9.29. The maximum Gasteiger partial charge on any atom is 0.338 e. The number of benzene rings is 2. The number of carbonyl (C=O) groups excluding carboxylic acids is 2. The lowest BCUT2D eigenvalue weighted by Gasteiger charge is -2.11. The van der Waals surface area contributed by atoms with Crippen molar-refractivity contribution in [2.45, 2.75) is 18.9 Å². The molecule has 144 valence electrons. The molecule has 1 atom stereocenters. The summed E-state index contributed by atoms with van der Waals surface area (Å²) in [5, 5.41) is 2.73.